The quantitative estimate of drug-likeness (QED) is 0.589. The maximum absolute atomic E-state index is 5.62. The monoisotopic (exact) mass is 293 g/mol. The van der Waals surface area contributed by atoms with E-state index in [9.17, 15) is 0 Å². The van der Waals surface area contributed by atoms with Crippen molar-refractivity contribution in [2.75, 3.05) is 0 Å². The molecule has 0 saturated carbocycles. The van der Waals surface area contributed by atoms with Crippen molar-refractivity contribution in [2.45, 2.75) is 39.0 Å². The van der Waals surface area contributed by atoms with Crippen LogP contribution < -0.4 is 5.19 Å². The van der Waals surface area contributed by atoms with Crippen molar-refractivity contribution >= 4 is 34.5 Å². The van der Waals surface area contributed by atoms with Gasteiger partial charge in [-0.15, -0.1) is 0 Å². The Balaban J connectivity index is 1.96. The van der Waals surface area contributed by atoms with Gasteiger partial charge in [0.1, 0.15) is 0 Å². The summed E-state index contributed by atoms with van der Waals surface area (Å²) in [6, 6.07) is 8.51. The van der Waals surface area contributed by atoms with E-state index in [4.69, 9.17) is 12.3 Å². The van der Waals surface area contributed by atoms with E-state index in [2.05, 4.69) is 31.2 Å². The minimum absolute atomic E-state index is 0.139. The molecule has 5 radical (unpaired) electrons. The van der Waals surface area contributed by atoms with E-state index in [0.29, 0.717) is 0 Å². The van der Waals surface area contributed by atoms with Crippen molar-refractivity contribution in [3.63, 3.8) is 0 Å². The van der Waals surface area contributed by atoms with Crippen LogP contribution in [-0.4, -0.2) is 29.3 Å². The topological polar surface area (TPSA) is 27.7 Å². The summed E-state index contributed by atoms with van der Waals surface area (Å²) >= 11 is 0. The van der Waals surface area contributed by atoms with Gasteiger partial charge in [0, 0.05) is 0 Å². The predicted octanol–water partition coefficient (Wildman–Crippen LogP) is 1.64. The maximum atomic E-state index is 5.62. The molecule has 3 nitrogen and oxygen atoms in total. The second kappa shape index (κ2) is 8.03. The van der Waals surface area contributed by atoms with Crippen molar-refractivity contribution in [3.8, 4) is 0 Å². The van der Waals surface area contributed by atoms with Crippen LogP contribution >= 0.6 is 0 Å². The Morgan fingerprint density at radius 1 is 1.06 bits per heavy atom. The number of benzene rings is 1. The molecule has 18 heavy (non-hydrogen) atoms. The van der Waals surface area contributed by atoms with Crippen LogP contribution in [0.3, 0.4) is 0 Å². The Kier molecular flexibility index (Phi) is 6.32. The highest BCUT2D eigenvalue weighted by Crippen LogP contribution is 2.08. The molecule has 0 unspecified atom stereocenters. The van der Waals surface area contributed by atoms with Gasteiger partial charge in [-0.3, -0.25) is 0 Å². The highest BCUT2D eigenvalue weighted by molar-refractivity contribution is 6.71. The van der Waals surface area contributed by atoms with Gasteiger partial charge >= 0.3 is 29.3 Å². The van der Waals surface area contributed by atoms with E-state index in [1.165, 1.54) is 36.4 Å². The minimum Gasteiger partial charge on any atom is -0.412 e. The summed E-state index contributed by atoms with van der Waals surface area (Å²) in [5.74, 6) is 0. The number of rotatable bonds is 6. The van der Waals surface area contributed by atoms with Crippen LogP contribution in [0.2, 0.25) is 0 Å². The van der Waals surface area contributed by atoms with E-state index < -0.39 is 9.28 Å². The summed E-state index contributed by atoms with van der Waals surface area (Å²) in [6.45, 7) is 2.24. The second-order valence-electron chi connectivity index (χ2n) is 4.23. The Morgan fingerprint density at radius 3 is 2.61 bits per heavy atom. The van der Waals surface area contributed by atoms with Crippen molar-refractivity contribution in [1.82, 2.24) is 0 Å². The lowest BCUT2D eigenvalue weighted by Gasteiger charge is -2.20. The fraction of sp³-hybridized carbons (Fsp3) is 0.500. The second-order valence-corrected chi connectivity index (χ2v) is 8.12. The van der Waals surface area contributed by atoms with Gasteiger partial charge in [0.2, 0.25) is 0 Å². The van der Waals surface area contributed by atoms with Gasteiger partial charge in [0.15, 0.2) is 0 Å². The zero-order valence-electron chi connectivity index (χ0n) is 10.6. The fourth-order valence-electron chi connectivity index (χ4n) is 1.94. The fourth-order valence-corrected chi connectivity index (χ4v) is 5.89. The SMILES string of the molecule is CCCCCCc1ccccc1[Si]1O[Si]O[Si]O1. The lowest BCUT2D eigenvalue weighted by Crippen LogP contribution is -2.45. The summed E-state index contributed by atoms with van der Waals surface area (Å²) in [7, 11) is -1.02. The normalized spacial score (nSPS) is 16.9. The largest absolute Gasteiger partial charge is 0.413 e. The first-order valence-corrected chi connectivity index (χ1v) is 9.31. The Hall–Kier alpha value is -0.249. The lowest BCUT2D eigenvalue weighted by atomic mass is 10.1. The summed E-state index contributed by atoms with van der Waals surface area (Å²) in [6.07, 6.45) is 6.29. The maximum Gasteiger partial charge on any atom is 0.413 e. The standard InChI is InChI=1S/C12H17O3Si3/c1-2-3-4-5-8-11-9-6-7-10-12(11)18-14-16-13-17-15-18/h6-7,9-10H,2-5,8H2,1H3. The van der Waals surface area contributed by atoms with Crippen LogP contribution in [0, 0.1) is 0 Å². The van der Waals surface area contributed by atoms with Crippen LogP contribution in [0.25, 0.3) is 0 Å². The Labute approximate surface area is 116 Å². The predicted molar refractivity (Wildman–Crippen MR) is 74.4 cm³/mol. The van der Waals surface area contributed by atoms with Gasteiger partial charge in [0.05, 0.1) is 0 Å². The molecule has 0 amide bonds. The van der Waals surface area contributed by atoms with Gasteiger partial charge in [-0.2, -0.15) is 0 Å². The van der Waals surface area contributed by atoms with Gasteiger partial charge in [-0.25, -0.2) is 0 Å². The van der Waals surface area contributed by atoms with E-state index in [-0.39, 0.29) is 20.0 Å². The average Bonchev–Trinajstić information content (AvgIpc) is 2.45. The van der Waals surface area contributed by atoms with Crippen molar-refractivity contribution in [2.24, 2.45) is 0 Å². The van der Waals surface area contributed by atoms with Crippen LogP contribution in [0.4, 0.5) is 0 Å². The van der Waals surface area contributed by atoms with Crippen LogP contribution in [0.1, 0.15) is 38.2 Å². The molecule has 1 heterocycles. The molecular weight excluding hydrogens is 276 g/mol. The first kappa shape index (κ1) is 14.2. The first-order valence-electron chi connectivity index (χ1n) is 6.36. The molecule has 1 fully saturated rings. The third-order valence-corrected chi connectivity index (χ3v) is 6.63. The molecule has 0 aromatic heterocycles. The van der Waals surface area contributed by atoms with E-state index in [0.717, 1.165) is 6.42 Å². The van der Waals surface area contributed by atoms with Crippen molar-refractivity contribution in [1.29, 1.82) is 0 Å². The van der Waals surface area contributed by atoms with Gasteiger partial charge < -0.3 is 12.3 Å². The molecule has 0 spiro atoms. The van der Waals surface area contributed by atoms with Gasteiger partial charge in [0.25, 0.3) is 0 Å². The molecule has 0 atom stereocenters. The molecule has 0 bridgehead atoms. The Morgan fingerprint density at radius 2 is 1.83 bits per heavy atom. The molecule has 1 aromatic rings. The summed E-state index contributed by atoms with van der Waals surface area (Å²) in [5, 5.41) is 1.27. The summed E-state index contributed by atoms with van der Waals surface area (Å²) < 4.78 is 16.4. The number of hydrogen-bond donors (Lipinski definition) is 0. The molecule has 95 valence electrons. The van der Waals surface area contributed by atoms with Gasteiger partial charge in [-0.1, -0.05) is 50.5 Å². The number of unbranched alkanes of at least 4 members (excludes halogenated alkanes) is 3. The first-order chi connectivity index (χ1) is 8.92. The zero-order chi connectivity index (χ0) is 12.6. The minimum atomic E-state index is -1.30. The zero-order valence-corrected chi connectivity index (χ0v) is 13.6. The van der Waals surface area contributed by atoms with E-state index >= 15 is 0 Å². The van der Waals surface area contributed by atoms with E-state index in [1.54, 1.807) is 0 Å². The van der Waals surface area contributed by atoms with Crippen LogP contribution in [0.15, 0.2) is 24.3 Å². The lowest BCUT2D eigenvalue weighted by molar-refractivity contribution is 0.333. The number of aryl methyl sites for hydroxylation is 1. The van der Waals surface area contributed by atoms with E-state index in [1.807, 2.05) is 0 Å². The third-order valence-electron chi connectivity index (χ3n) is 2.89. The molecule has 1 aliphatic rings. The molecule has 6 heteroatoms. The van der Waals surface area contributed by atoms with Crippen molar-refractivity contribution < 1.29 is 12.3 Å². The van der Waals surface area contributed by atoms with Crippen LogP contribution in [0.5, 0.6) is 0 Å². The molecule has 1 aliphatic heterocycles. The average molecular weight is 294 g/mol. The summed E-state index contributed by atoms with van der Waals surface area (Å²) in [5.41, 5.74) is 1.39. The molecule has 0 aliphatic carbocycles. The molecule has 0 N–H and O–H groups in total. The highest BCUT2D eigenvalue weighted by Gasteiger charge is 2.26. The van der Waals surface area contributed by atoms with Crippen molar-refractivity contribution in [3.05, 3.63) is 29.8 Å². The third kappa shape index (κ3) is 4.15. The molecule has 1 aromatic carbocycles. The van der Waals surface area contributed by atoms with Crippen LogP contribution in [-0.2, 0) is 18.8 Å². The Bertz CT molecular complexity index is 356. The van der Waals surface area contributed by atoms with Gasteiger partial charge in [-0.05, 0) is 23.6 Å². The highest BCUT2D eigenvalue weighted by atomic mass is 28.4. The molecular formula is C12H17O3Si3. The summed E-state index contributed by atoms with van der Waals surface area (Å²) in [4.78, 5) is 0. The molecule has 2 rings (SSSR count). The smallest absolute Gasteiger partial charge is 0.412 e. The molecule has 1 saturated heterocycles. The number of hydrogen-bond acceptors (Lipinski definition) is 3.